The molecular weight excluding hydrogens is 268 g/mol. The highest BCUT2D eigenvalue weighted by atomic mass is 16.5. The number of ether oxygens (including phenoxy) is 2. The Hall–Kier alpha value is -1.59. The molecule has 1 aliphatic heterocycles. The van der Waals surface area contributed by atoms with E-state index in [2.05, 4.69) is 5.32 Å². The van der Waals surface area contributed by atoms with Crippen LogP contribution in [0.25, 0.3) is 0 Å². The molecule has 1 saturated heterocycles. The van der Waals surface area contributed by atoms with E-state index in [4.69, 9.17) is 15.2 Å². The van der Waals surface area contributed by atoms with Gasteiger partial charge in [-0.05, 0) is 48.9 Å². The molecule has 5 nitrogen and oxygen atoms in total. The van der Waals surface area contributed by atoms with Crippen molar-refractivity contribution < 1.29 is 14.3 Å². The Labute approximate surface area is 124 Å². The fraction of sp³-hybridized carbons (Fsp3) is 0.562. The average Bonchev–Trinajstić information content (AvgIpc) is 2.87. The maximum atomic E-state index is 11.9. The van der Waals surface area contributed by atoms with Crippen LogP contribution in [0.5, 0.6) is 5.75 Å². The fourth-order valence-corrected chi connectivity index (χ4v) is 2.98. The second-order valence-corrected chi connectivity index (χ2v) is 5.75. The lowest BCUT2D eigenvalue weighted by Gasteiger charge is -2.23. The van der Waals surface area contributed by atoms with Crippen LogP contribution in [0.2, 0.25) is 0 Å². The minimum atomic E-state index is -0.0703. The largest absolute Gasteiger partial charge is 0.484 e. The minimum absolute atomic E-state index is 0.0577. The molecule has 3 N–H and O–H groups in total. The number of aryl methyl sites for hydroxylation is 1. The molecule has 1 aromatic rings. The molecule has 2 aliphatic rings. The summed E-state index contributed by atoms with van der Waals surface area (Å²) < 4.78 is 10.9. The van der Waals surface area contributed by atoms with Gasteiger partial charge in [0.05, 0.1) is 0 Å². The van der Waals surface area contributed by atoms with Gasteiger partial charge in [-0.3, -0.25) is 4.79 Å². The number of rotatable bonds is 4. The average molecular weight is 290 g/mol. The standard InChI is InChI=1S/C16H22N2O3/c17-15-4-1-11-9-13(2-3-14(11)15)21-10-16(19)18-12-5-7-20-8-6-12/h2-3,9,12,15H,1,4-8,10,17H2,(H,18,19). The Kier molecular flexibility index (Phi) is 4.41. The predicted octanol–water partition coefficient (Wildman–Crippen LogP) is 1.31. The first-order valence-corrected chi connectivity index (χ1v) is 7.60. The summed E-state index contributed by atoms with van der Waals surface area (Å²) in [5.74, 6) is 0.670. The Balaban J connectivity index is 1.49. The van der Waals surface area contributed by atoms with Gasteiger partial charge in [0, 0.05) is 25.3 Å². The zero-order valence-electron chi connectivity index (χ0n) is 12.1. The molecule has 21 heavy (non-hydrogen) atoms. The van der Waals surface area contributed by atoms with E-state index < -0.39 is 0 Å². The lowest BCUT2D eigenvalue weighted by Crippen LogP contribution is -2.41. The van der Waals surface area contributed by atoms with Gasteiger partial charge in [0.15, 0.2) is 6.61 Å². The lowest BCUT2D eigenvalue weighted by atomic mass is 10.1. The number of carbonyl (C=O) groups is 1. The molecule has 3 rings (SSSR count). The van der Waals surface area contributed by atoms with Gasteiger partial charge in [-0.2, -0.15) is 0 Å². The number of carbonyl (C=O) groups excluding carboxylic acids is 1. The van der Waals surface area contributed by atoms with E-state index in [1.807, 2.05) is 18.2 Å². The lowest BCUT2D eigenvalue weighted by molar-refractivity contribution is -0.124. The van der Waals surface area contributed by atoms with E-state index in [1.165, 1.54) is 11.1 Å². The molecule has 0 radical (unpaired) electrons. The number of hydrogen-bond acceptors (Lipinski definition) is 4. The summed E-state index contributed by atoms with van der Waals surface area (Å²) in [6, 6.07) is 6.27. The van der Waals surface area contributed by atoms with Crippen LogP contribution < -0.4 is 15.8 Å². The van der Waals surface area contributed by atoms with Crippen molar-refractivity contribution in [2.75, 3.05) is 19.8 Å². The van der Waals surface area contributed by atoms with Crippen LogP contribution in [0, 0.1) is 0 Å². The molecule has 5 heteroatoms. The van der Waals surface area contributed by atoms with Crippen molar-refractivity contribution in [2.45, 2.75) is 37.8 Å². The maximum absolute atomic E-state index is 11.9. The van der Waals surface area contributed by atoms with Crippen molar-refractivity contribution >= 4 is 5.91 Å². The highest BCUT2D eigenvalue weighted by Crippen LogP contribution is 2.31. The zero-order valence-corrected chi connectivity index (χ0v) is 12.1. The molecule has 0 spiro atoms. The summed E-state index contributed by atoms with van der Waals surface area (Å²) in [6.45, 7) is 1.50. The van der Waals surface area contributed by atoms with Crippen molar-refractivity contribution in [3.8, 4) is 5.75 Å². The van der Waals surface area contributed by atoms with Crippen LogP contribution in [0.4, 0.5) is 0 Å². The first kappa shape index (κ1) is 14.4. The van der Waals surface area contributed by atoms with Gasteiger partial charge < -0.3 is 20.5 Å². The summed E-state index contributed by atoms with van der Waals surface area (Å²) in [6.07, 6.45) is 3.73. The van der Waals surface area contributed by atoms with Gasteiger partial charge in [0.1, 0.15) is 5.75 Å². The number of nitrogens with one attached hydrogen (secondary N) is 1. The number of hydrogen-bond donors (Lipinski definition) is 2. The van der Waals surface area contributed by atoms with Gasteiger partial charge in [-0.25, -0.2) is 0 Å². The number of benzene rings is 1. The van der Waals surface area contributed by atoms with Crippen LogP contribution in [-0.2, 0) is 16.0 Å². The molecule has 1 amide bonds. The van der Waals surface area contributed by atoms with E-state index in [0.717, 1.165) is 44.6 Å². The Morgan fingerprint density at radius 1 is 1.33 bits per heavy atom. The van der Waals surface area contributed by atoms with Crippen molar-refractivity contribution in [2.24, 2.45) is 5.73 Å². The van der Waals surface area contributed by atoms with Gasteiger partial charge in [-0.15, -0.1) is 0 Å². The first-order chi connectivity index (χ1) is 10.2. The van der Waals surface area contributed by atoms with E-state index >= 15 is 0 Å². The molecule has 114 valence electrons. The Morgan fingerprint density at radius 2 is 2.14 bits per heavy atom. The van der Waals surface area contributed by atoms with Crippen molar-refractivity contribution in [3.63, 3.8) is 0 Å². The normalized spacial score (nSPS) is 21.9. The third-order valence-electron chi connectivity index (χ3n) is 4.19. The van der Waals surface area contributed by atoms with E-state index in [-0.39, 0.29) is 24.6 Å². The molecule has 1 heterocycles. The molecule has 0 aromatic heterocycles. The molecule has 1 aromatic carbocycles. The monoisotopic (exact) mass is 290 g/mol. The topological polar surface area (TPSA) is 73.6 Å². The summed E-state index contributed by atoms with van der Waals surface area (Å²) >= 11 is 0. The van der Waals surface area contributed by atoms with Gasteiger partial charge in [0.2, 0.25) is 0 Å². The summed E-state index contributed by atoms with van der Waals surface area (Å²) in [5.41, 5.74) is 8.45. The first-order valence-electron chi connectivity index (χ1n) is 7.60. The van der Waals surface area contributed by atoms with Crippen LogP contribution in [0.1, 0.15) is 36.4 Å². The van der Waals surface area contributed by atoms with Gasteiger partial charge in [-0.1, -0.05) is 6.07 Å². The summed E-state index contributed by atoms with van der Waals surface area (Å²) in [5, 5.41) is 2.98. The molecule has 0 saturated carbocycles. The summed E-state index contributed by atoms with van der Waals surface area (Å²) in [4.78, 5) is 11.9. The maximum Gasteiger partial charge on any atom is 0.258 e. The van der Waals surface area contributed by atoms with E-state index in [9.17, 15) is 4.79 Å². The number of amides is 1. The highest BCUT2D eigenvalue weighted by molar-refractivity contribution is 5.77. The van der Waals surface area contributed by atoms with E-state index in [1.54, 1.807) is 0 Å². The Morgan fingerprint density at radius 3 is 2.95 bits per heavy atom. The zero-order chi connectivity index (χ0) is 14.7. The SMILES string of the molecule is NC1CCc2cc(OCC(=O)NC3CCOCC3)ccc21. The van der Waals surface area contributed by atoms with Gasteiger partial charge >= 0.3 is 0 Å². The second-order valence-electron chi connectivity index (χ2n) is 5.75. The molecule has 1 unspecified atom stereocenters. The smallest absolute Gasteiger partial charge is 0.258 e. The Bertz CT molecular complexity index is 512. The third kappa shape index (κ3) is 3.54. The van der Waals surface area contributed by atoms with Crippen LogP contribution >= 0.6 is 0 Å². The van der Waals surface area contributed by atoms with Gasteiger partial charge in [0.25, 0.3) is 5.91 Å². The van der Waals surface area contributed by atoms with Crippen LogP contribution in [-0.4, -0.2) is 31.8 Å². The molecule has 1 atom stereocenters. The molecule has 1 fully saturated rings. The van der Waals surface area contributed by atoms with Crippen LogP contribution in [0.15, 0.2) is 18.2 Å². The minimum Gasteiger partial charge on any atom is -0.484 e. The van der Waals surface area contributed by atoms with Crippen molar-refractivity contribution in [1.82, 2.24) is 5.32 Å². The fourth-order valence-electron chi connectivity index (χ4n) is 2.98. The quantitative estimate of drug-likeness (QED) is 0.877. The molecule has 1 aliphatic carbocycles. The highest BCUT2D eigenvalue weighted by Gasteiger charge is 2.20. The van der Waals surface area contributed by atoms with Crippen molar-refractivity contribution in [1.29, 1.82) is 0 Å². The third-order valence-corrected chi connectivity index (χ3v) is 4.19. The van der Waals surface area contributed by atoms with Crippen molar-refractivity contribution in [3.05, 3.63) is 29.3 Å². The predicted molar refractivity (Wildman–Crippen MR) is 79.2 cm³/mol. The second kappa shape index (κ2) is 6.45. The van der Waals surface area contributed by atoms with E-state index in [0.29, 0.717) is 0 Å². The van der Waals surface area contributed by atoms with Crippen LogP contribution in [0.3, 0.4) is 0 Å². The number of nitrogens with two attached hydrogens (primary N) is 1. The molecule has 0 bridgehead atoms. The number of fused-ring (bicyclic) bond motifs is 1. The summed E-state index contributed by atoms with van der Waals surface area (Å²) in [7, 11) is 0. The molecular formula is C16H22N2O3.